The van der Waals surface area contributed by atoms with E-state index in [-0.39, 0.29) is 11.7 Å². The van der Waals surface area contributed by atoms with E-state index >= 15 is 0 Å². The molecule has 0 N–H and O–H groups in total. The first-order valence-corrected chi connectivity index (χ1v) is 5.45. The van der Waals surface area contributed by atoms with Crippen LogP contribution in [0, 0.1) is 5.92 Å². The number of allylic oxidation sites excluding steroid dienone is 1. The van der Waals surface area contributed by atoms with Crippen LogP contribution in [0.15, 0.2) is 35.9 Å². The van der Waals surface area contributed by atoms with Crippen molar-refractivity contribution in [2.45, 2.75) is 27.2 Å². The van der Waals surface area contributed by atoms with E-state index in [4.69, 9.17) is 0 Å². The van der Waals surface area contributed by atoms with Crippen molar-refractivity contribution in [1.29, 1.82) is 0 Å². The van der Waals surface area contributed by atoms with Crippen LogP contribution in [0.5, 0.6) is 0 Å². The van der Waals surface area contributed by atoms with Gasteiger partial charge in [0.15, 0.2) is 5.78 Å². The topological polar surface area (TPSA) is 17.1 Å². The van der Waals surface area contributed by atoms with Gasteiger partial charge in [0.05, 0.1) is 0 Å². The first kappa shape index (κ1) is 11.7. The van der Waals surface area contributed by atoms with Crippen LogP contribution in [-0.2, 0) is 4.79 Å². The fourth-order valence-electron chi connectivity index (χ4n) is 1.47. The van der Waals surface area contributed by atoms with Gasteiger partial charge in [-0.05, 0) is 23.6 Å². The molecule has 1 aromatic carbocycles. The average Bonchev–Trinajstić information content (AvgIpc) is 2.26. The molecule has 0 aliphatic heterocycles. The van der Waals surface area contributed by atoms with Crippen LogP contribution >= 0.6 is 0 Å². The summed E-state index contributed by atoms with van der Waals surface area (Å²) in [5.41, 5.74) is 2.01. The molecule has 80 valence electrons. The highest BCUT2D eigenvalue weighted by molar-refractivity contribution is 6.00. The predicted molar refractivity (Wildman–Crippen MR) is 64.6 cm³/mol. The zero-order valence-corrected chi connectivity index (χ0v) is 9.66. The Hall–Kier alpha value is -1.37. The summed E-state index contributed by atoms with van der Waals surface area (Å²) >= 11 is 0. The van der Waals surface area contributed by atoms with Gasteiger partial charge in [-0.1, -0.05) is 51.1 Å². The Bertz CT molecular complexity index is 347. The Kier molecular flexibility index (Phi) is 4.29. The molecule has 0 heterocycles. The van der Waals surface area contributed by atoms with Gasteiger partial charge in [-0.25, -0.2) is 0 Å². The van der Waals surface area contributed by atoms with Gasteiger partial charge in [0.2, 0.25) is 0 Å². The molecule has 0 radical (unpaired) electrons. The zero-order valence-electron chi connectivity index (χ0n) is 9.66. The van der Waals surface area contributed by atoms with Crippen LogP contribution in [0.2, 0.25) is 0 Å². The van der Waals surface area contributed by atoms with Crippen molar-refractivity contribution in [1.82, 2.24) is 0 Å². The Morgan fingerprint density at radius 1 is 1.27 bits per heavy atom. The number of carbonyl (C=O) groups excluding carboxylic acids is 1. The molecule has 0 aliphatic carbocycles. The summed E-state index contributed by atoms with van der Waals surface area (Å²) < 4.78 is 0. The zero-order chi connectivity index (χ0) is 11.3. The van der Waals surface area contributed by atoms with Crippen molar-refractivity contribution in [2.24, 2.45) is 5.92 Å². The summed E-state index contributed by atoms with van der Waals surface area (Å²) in [5, 5.41) is 0. The van der Waals surface area contributed by atoms with E-state index in [0.717, 1.165) is 17.6 Å². The molecule has 0 atom stereocenters. The standard InChI is InChI=1S/C14H18O/c1-4-13(14(15)11(2)3)10-12-8-6-5-7-9-12/h5-11H,4H2,1-3H3. The van der Waals surface area contributed by atoms with Crippen LogP contribution in [-0.4, -0.2) is 5.78 Å². The monoisotopic (exact) mass is 202 g/mol. The summed E-state index contributed by atoms with van der Waals surface area (Å²) in [7, 11) is 0. The number of rotatable bonds is 4. The lowest BCUT2D eigenvalue weighted by Gasteiger charge is -2.06. The normalized spacial score (nSPS) is 11.9. The van der Waals surface area contributed by atoms with Gasteiger partial charge in [0, 0.05) is 5.92 Å². The highest BCUT2D eigenvalue weighted by Gasteiger charge is 2.11. The van der Waals surface area contributed by atoms with Crippen molar-refractivity contribution in [3.8, 4) is 0 Å². The molecule has 0 saturated heterocycles. The molecule has 0 aromatic heterocycles. The van der Waals surface area contributed by atoms with Gasteiger partial charge in [-0.3, -0.25) is 4.79 Å². The molecule has 15 heavy (non-hydrogen) atoms. The number of hydrogen-bond acceptors (Lipinski definition) is 1. The van der Waals surface area contributed by atoms with Crippen molar-refractivity contribution in [3.05, 3.63) is 41.5 Å². The molecule has 0 fully saturated rings. The largest absolute Gasteiger partial charge is 0.294 e. The predicted octanol–water partition coefficient (Wildman–Crippen LogP) is 3.71. The third-order valence-electron chi connectivity index (χ3n) is 2.36. The SMILES string of the molecule is CCC(=Cc1ccccc1)C(=O)C(C)C. The molecule has 1 aromatic rings. The van der Waals surface area contributed by atoms with E-state index in [1.165, 1.54) is 0 Å². The minimum absolute atomic E-state index is 0.0833. The van der Waals surface area contributed by atoms with E-state index in [0.29, 0.717) is 0 Å². The lowest BCUT2D eigenvalue weighted by Crippen LogP contribution is -2.09. The number of hydrogen-bond donors (Lipinski definition) is 0. The maximum absolute atomic E-state index is 11.8. The lowest BCUT2D eigenvalue weighted by molar-refractivity contribution is -0.118. The first-order valence-electron chi connectivity index (χ1n) is 5.45. The van der Waals surface area contributed by atoms with Gasteiger partial charge in [0.25, 0.3) is 0 Å². The second kappa shape index (κ2) is 5.50. The molecule has 0 amide bonds. The fourth-order valence-corrected chi connectivity index (χ4v) is 1.47. The van der Waals surface area contributed by atoms with Crippen molar-refractivity contribution in [2.75, 3.05) is 0 Å². The van der Waals surface area contributed by atoms with Crippen LogP contribution < -0.4 is 0 Å². The van der Waals surface area contributed by atoms with Crippen LogP contribution in [0.3, 0.4) is 0 Å². The minimum Gasteiger partial charge on any atom is -0.294 e. The summed E-state index contributed by atoms with van der Waals surface area (Å²) in [4.78, 5) is 11.8. The quantitative estimate of drug-likeness (QED) is 0.680. The van der Waals surface area contributed by atoms with Gasteiger partial charge in [0.1, 0.15) is 0 Å². The second-order valence-electron chi connectivity index (χ2n) is 3.95. The molecule has 0 aliphatic rings. The Balaban J connectivity index is 2.93. The molecule has 0 spiro atoms. The van der Waals surface area contributed by atoms with Gasteiger partial charge < -0.3 is 0 Å². The first-order chi connectivity index (χ1) is 7.15. The Morgan fingerprint density at radius 3 is 2.33 bits per heavy atom. The van der Waals surface area contributed by atoms with Crippen LogP contribution in [0.4, 0.5) is 0 Å². The molecule has 1 rings (SSSR count). The Labute approximate surface area is 91.8 Å². The van der Waals surface area contributed by atoms with Crippen LogP contribution in [0.1, 0.15) is 32.8 Å². The number of Topliss-reactive ketones (excluding diaryl/α,β-unsaturated/α-hetero) is 1. The highest BCUT2D eigenvalue weighted by Crippen LogP contribution is 2.14. The van der Waals surface area contributed by atoms with E-state index < -0.39 is 0 Å². The maximum Gasteiger partial charge on any atom is 0.161 e. The average molecular weight is 202 g/mol. The summed E-state index contributed by atoms with van der Waals surface area (Å²) in [5.74, 6) is 0.335. The molecule has 1 nitrogen and oxygen atoms in total. The lowest BCUT2D eigenvalue weighted by atomic mass is 9.97. The number of benzene rings is 1. The molecule has 0 saturated carbocycles. The van der Waals surface area contributed by atoms with Gasteiger partial charge >= 0.3 is 0 Å². The van der Waals surface area contributed by atoms with E-state index in [2.05, 4.69) is 0 Å². The number of carbonyl (C=O) groups is 1. The van der Waals surface area contributed by atoms with E-state index in [1.807, 2.05) is 57.2 Å². The third kappa shape index (κ3) is 3.35. The van der Waals surface area contributed by atoms with Crippen molar-refractivity contribution in [3.63, 3.8) is 0 Å². The third-order valence-corrected chi connectivity index (χ3v) is 2.36. The fraction of sp³-hybridized carbons (Fsp3) is 0.357. The van der Waals surface area contributed by atoms with Crippen LogP contribution in [0.25, 0.3) is 6.08 Å². The molecule has 1 heteroatoms. The Morgan fingerprint density at radius 2 is 1.87 bits per heavy atom. The minimum atomic E-state index is 0.0833. The summed E-state index contributed by atoms with van der Waals surface area (Å²) in [6.45, 7) is 5.91. The molecular formula is C14H18O. The smallest absolute Gasteiger partial charge is 0.161 e. The summed E-state index contributed by atoms with van der Waals surface area (Å²) in [6, 6.07) is 9.98. The summed E-state index contributed by atoms with van der Waals surface area (Å²) in [6.07, 6.45) is 2.79. The van der Waals surface area contributed by atoms with Crippen molar-refractivity contribution < 1.29 is 4.79 Å². The number of ketones is 1. The maximum atomic E-state index is 11.8. The molecule has 0 unspecified atom stereocenters. The van der Waals surface area contributed by atoms with Gasteiger partial charge in [-0.15, -0.1) is 0 Å². The molecule has 0 bridgehead atoms. The van der Waals surface area contributed by atoms with E-state index in [1.54, 1.807) is 0 Å². The second-order valence-corrected chi connectivity index (χ2v) is 3.95. The highest BCUT2D eigenvalue weighted by atomic mass is 16.1. The van der Waals surface area contributed by atoms with E-state index in [9.17, 15) is 4.79 Å². The molecular weight excluding hydrogens is 184 g/mol. The van der Waals surface area contributed by atoms with Crippen molar-refractivity contribution >= 4 is 11.9 Å². The van der Waals surface area contributed by atoms with Gasteiger partial charge in [-0.2, -0.15) is 0 Å².